The molecule has 2 N–H and O–H groups in total. The van der Waals surface area contributed by atoms with Crippen LogP contribution in [0, 0.1) is 11.3 Å². The van der Waals surface area contributed by atoms with Gasteiger partial charge in [0.25, 0.3) is 0 Å². The van der Waals surface area contributed by atoms with E-state index in [1.165, 1.54) is 6.92 Å². The van der Waals surface area contributed by atoms with Gasteiger partial charge in [0.2, 0.25) is 5.91 Å². The van der Waals surface area contributed by atoms with Crippen LogP contribution in [0.1, 0.15) is 41.0 Å². The van der Waals surface area contributed by atoms with Crippen LogP contribution >= 0.6 is 0 Å². The SMILES string of the molecule is CCOC(=O)/C(=N\N=C1/NNC(=O)CC1(C)C)C(C)C(=O)OCC. The van der Waals surface area contributed by atoms with Gasteiger partial charge in [-0.15, -0.1) is 10.2 Å². The molecule has 0 spiro atoms. The highest BCUT2D eigenvalue weighted by atomic mass is 16.5. The van der Waals surface area contributed by atoms with Crippen molar-refractivity contribution in [3.63, 3.8) is 0 Å². The van der Waals surface area contributed by atoms with Crippen LogP contribution in [-0.4, -0.2) is 42.6 Å². The average Bonchev–Trinajstić information content (AvgIpc) is 2.48. The lowest BCUT2D eigenvalue weighted by molar-refractivity contribution is -0.146. The first kappa shape index (κ1) is 19.6. The van der Waals surface area contributed by atoms with Crippen molar-refractivity contribution < 1.29 is 23.9 Å². The molecule has 1 unspecified atom stereocenters. The smallest absolute Gasteiger partial charge is 0.355 e. The topological polar surface area (TPSA) is 118 Å². The number of hydrogen-bond acceptors (Lipinski definition) is 7. The van der Waals surface area contributed by atoms with Gasteiger partial charge in [0, 0.05) is 11.8 Å². The average molecular weight is 340 g/mol. The molecule has 0 aromatic heterocycles. The summed E-state index contributed by atoms with van der Waals surface area (Å²) in [6.07, 6.45) is 0.219. The molecule has 1 amide bonds. The van der Waals surface area contributed by atoms with Gasteiger partial charge in [-0.05, 0) is 20.8 Å². The van der Waals surface area contributed by atoms with Gasteiger partial charge in [-0.2, -0.15) is 0 Å². The number of esters is 2. The van der Waals surface area contributed by atoms with E-state index in [1.54, 1.807) is 13.8 Å². The Morgan fingerprint density at radius 2 is 1.83 bits per heavy atom. The number of carbonyl (C=O) groups is 3. The van der Waals surface area contributed by atoms with Crippen LogP contribution in [0.15, 0.2) is 10.2 Å². The second-order valence-corrected chi connectivity index (χ2v) is 5.86. The molecule has 0 saturated carbocycles. The standard InChI is InChI=1S/C15H24N4O5/c1-6-23-12(21)9(3)11(13(22)24-7-2)17-19-14-15(4,5)8-10(20)16-18-14/h9H,6-8H2,1-5H3,(H,16,20)(H,18,19)/b17-11-. The minimum atomic E-state index is -0.922. The van der Waals surface area contributed by atoms with Crippen LogP contribution < -0.4 is 10.9 Å². The normalized spacial score (nSPS) is 20.0. The fraction of sp³-hybridized carbons (Fsp3) is 0.667. The number of nitrogens with one attached hydrogen (secondary N) is 2. The molecule has 134 valence electrons. The molecule has 0 bridgehead atoms. The lowest BCUT2D eigenvalue weighted by Gasteiger charge is -2.30. The number of amidine groups is 1. The lowest BCUT2D eigenvalue weighted by Crippen LogP contribution is -2.54. The third-order valence-electron chi connectivity index (χ3n) is 3.36. The monoisotopic (exact) mass is 340 g/mol. The van der Waals surface area contributed by atoms with Crippen molar-refractivity contribution >= 4 is 29.4 Å². The van der Waals surface area contributed by atoms with Crippen LogP contribution in [0.4, 0.5) is 0 Å². The molecule has 1 aliphatic heterocycles. The molecule has 1 rings (SSSR count). The summed E-state index contributed by atoms with van der Waals surface area (Å²) in [5.74, 6) is -2.04. The Morgan fingerprint density at radius 1 is 1.21 bits per heavy atom. The fourth-order valence-electron chi connectivity index (χ4n) is 1.98. The first-order valence-corrected chi connectivity index (χ1v) is 7.77. The van der Waals surface area contributed by atoms with Crippen LogP contribution in [0.5, 0.6) is 0 Å². The molecule has 1 saturated heterocycles. The lowest BCUT2D eigenvalue weighted by atomic mass is 9.86. The van der Waals surface area contributed by atoms with E-state index in [0.29, 0.717) is 5.84 Å². The zero-order chi connectivity index (χ0) is 18.3. The van der Waals surface area contributed by atoms with Crippen molar-refractivity contribution in [2.75, 3.05) is 13.2 Å². The number of rotatable bonds is 6. The number of ether oxygens (including phenoxy) is 2. The third-order valence-corrected chi connectivity index (χ3v) is 3.36. The van der Waals surface area contributed by atoms with Crippen LogP contribution in [0.2, 0.25) is 0 Å². The van der Waals surface area contributed by atoms with Crippen LogP contribution in [0.25, 0.3) is 0 Å². The fourth-order valence-corrected chi connectivity index (χ4v) is 1.98. The minimum Gasteiger partial charge on any atom is -0.465 e. The Hall–Kier alpha value is -2.45. The Kier molecular flexibility index (Phi) is 6.87. The van der Waals surface area contributed by atoms with Gasteiger partial charge in [-0.1, -0.05) is 13.8 Å². The number of amides is 1. The maximum atomic E-state index is 12.1. The van der Waals surface area contributed by atoms with Gasteiger partial charge in [0.1, 0.15) is 11.8 Å². The summed E-state index contributed by atoms with van der Waals surface area (Å²) in [4.78, 5) is 35.4. The van der Waals surface area contributed by atoms with Crippen molar-refractivity contribution in [3.8, 4) is 0 Å². The highest BCUT2D eigenvalue weighted by Gasteiger charge is 2.34. The molecule has 1 atom stereocenters. The largest absolute Gasteiger partial charge is 0.465 e. The van der Waals surface area contributed by atoms with E-state index < -0.39 is 23.3 Å². The first-order chi connectivity index (χ1) is 11.2. The van der Waals surface area contributed by atoms with Crippen LogP contribution in [0.3, 0.4) is 0 Å². The summed E-state index contributed by atoms with van der Waals surface area (Å²) >= 11 is 0. The van der Waals surface area contributed by atoms with Gasteiger partial charge in [-0.25, -0.2) is 4.79 Å². The highest BCUT2D eigenvalue weighted by Crippen LogP contribution is 2.23. The summed E-state index contributed by atoms with van der Waals surface area (Å²) in [6.45, 7) is 8.77. The Labute approximate surface area is 140 Å². The first-order valence-electron chi connectivity index (χ1n) is 7.77. The predicted octanol–water partition coefficient (Wildman–Crippen LogP) is 0.554. The molecule has 1 heterocycles. The predicted molar refractivity (Wildman–Crippen MR) is 87.0 cm³/mol. The molecule has 1 aliphatic rings. The molecule has 1 fully saturated rings. The van der Waals surface area contributed by atoms with E-state index in [9.17, 15) is 14.4 Å². The summed E-state index contributed by atoms with van der Waals surface area (Å²) < 4.78 is 9.84. The van der Waals surface area contributed by atoms with Gasteiger partial charge in [0.05, 0.1) is 13.2 Å². The zero-order valence-corrected chi connectivity index (χ0v) is 14.6. The van der Waals surface area contributed by atoms with Crippen molar-refractivity contribution in [2.45, 2.75) is 41.0 Å². The maximum absolute atomic E-state index is 12.1. The molecule has 9 heteroatoms. The molecule has 0 aromatic rings. The number of carbonyl (C=O) groups excluding carboxylic acids is 3. The number of hydrazine groups is 1. The molecule has 9 nitrogen and oxygen atoms in total. The highest BCUT2D eigenvalue weighted by molar-refractivity contribution is 6.40. The maximum Gasteiger partial charge on any atom is 0.355 e. The summed E-state index contributed by atoms with van der Waals surface area (Å²) in [5, 5.41) is 7.91. The van der Waals surface area contributed by atoms with E-state index in [0.717, 1.165) is 0 Å². The second kappa shape index (κ2) is 8.42. The van der Waals surface area contributed by atoms with E-state index >= 15 is 0 Å². The van der Waals surface area contributed by atoms with Crippen molar-refractivity contribution in [3.05, 3.63) is 0 Å². The van der Waals surface area contributed by atoms with Crippen molar-refractivity contribution in [1.82, 2.24) is 10.9 Å². The zero-order valence-electron chi connectivity index (χ0n) is 14.6. The minimum absolute atomic E-state index is 0.143. The summed E-state index contributed by atoms with van der Waals surface area (Å²) in [6, 6.07) is 0. The van der Waals surface area contributed by atoms with Gasteiger partial charge >= 0.3 is 11.9 Å². The second-order valence-electron chi connectivity index (χ2n) is 5.86. The third kappa shape index (κ3) is 5.04. The Balaban J connectivity index is 3.11. The Bertz CT molecular complexity index is 568. The summed E-state index contributed by atoms with van der Waals surface area (Å²) in [5.41, 5.74) is 4.36. The van der Waals surface area contributed by atoms with Crippen LogP contribution in [-0.2, 0) is 23.9 Å². The molecular weight excluding hydrogens is 316 g/mol. The van der Waals surface area contributed by atoms with Gasteiger partial charge in [0.15, 0.2) is 5.71 Å². The van der Waals surface area contributed by atoms with E-state index in [4.69, 9.17) is 9.47 Å². The molecule has 0 aliphatic carbocycles. The van der Waals surface area contributed by atoms with Gasteiger partial charge in [-0.3, -0.25) is 20.4 Å². The van der Waals surface area contributed by atoms with Gasteiger partial charge < -0.3 is 9.47 Å². The van der Waals surface area contributed by atoms with Crippen molar-refractivity contribution in [1.29, 1.82) is 0 Å². The van der Waals surface area contributed by atoms with Crippen molar-refractivity contribution in [2.24, 2.45) is 21.5 Å². The molecule has 0 radical (unpaired) electrons. The van der Waals surface area contributed by atoms with E-state index in [2.05, 4.69) is 21.1 Å². The quantitative estimate of drug-likeness (QED) is 0.414. The Morgan fingerprint density at radius 3 is 2.38 bits per heavy atom. The molecular formula is C15H24N4O5. The molecule has 0 aromatic carbocycles. The molecule has 24 heavy (non-hydrogen) atoms. The summed E-state index contributed by atoms with van der Waals surface area (Å²) in [7, 11) is 0. The van der Waals surface area contributed by atoms with E-state index in [1.807, 2.05) is 13.8 Å². The number of nitrogens with zero attached hydrogens (tertiary/aromatic N) is 2. The number of hydrogen-bond donors (Lipinski definition) is 2. The van der Waals surface area contributed by atoms with E-state index in [-0.39, 0.29) is 31.3 Å².